The van der Waals surface area contributed by atoms with Crippen molar-refractivity contribution in [3.8, 4) is 0 Å². The average Bonchev–Trinajstić information content (AvgIpc) is 3.06. The molecule has 0 aliphatic carbocycles. The summed E-state index contributed by atoms with van der Waals surface area (Å²) in [5.41, 5.74) is -3.62. The molecule has 4 amide bonds. The lowest BCUT2D eigenvalue weighted by atomic mass is 9.82. The average molecular weight is 771 g/mol. The van der Waals surface area contributed by atoms with E-state index in [4.69, 9.17) is 18.9 Å². The topological polar surface area (TPSA) is 170 Å². The maximum absolute atomic E-state index is 12.9. The van der Waals surface area contributed by atoms with Crippen molar-refractivity contribution in [3.63, 3.8) is 0 Å². The molecule has 0 unspecified atom stereocenters. The van der Waals surface area contributed by atoms with Crippen LogP contribution in [-0.4, -0.2) is 99.8 Å². The first-order valence-corrected chi connectivity index (χ1v) is 18.7. The van der Waals surface area contributed by atoms with E-state index in [1.807, 2.05) is 30.3 Å². The van der Waals surface area contributed by atoms with Crippen LogP contribution in [0, 0.1) is 0 Å². The van der Waals surface area contributed by atoms with Gasteiger partial charge in [-0.2, -0.15) is 0 Å². The van der Waals surface area contributed by atoms with Gasteiger partial charge in [0.1, 0.15) is 34.5 Å². The monoisotopic (exact) mass is 770 g/mol. The van der Waals surface area contributed by atoms with Crippen LogP contribution >= 0.6 is 0 Å². The number of benzene rings is 1. The Bertz CT molecular complexity index is 1530. The molecule has 2 fully saturated rings. The Labute approximate surface area is 326 Å². The third-order valence-corrected chi connectivity index (χ3v) is 8.50. The summed E-state index contributed by atoms with van der Waals surface area (Å²) in [7, 11) is 0. The molecule has 14 nitrogen and oxygen atoms in total. The molecule has 0 saturated carbocycles. The van der Waals surface area contributed by atoms with E-state index < -0.39 is 52.3 Å². The number of rotatable bonds is 10. The molecule has 0 bridgehead atoms. The zero-order valence-corrected chi connectivity index (χ0v) is 34.2. The van der Waals surface area contributed by atoms with E-state index in [2.05, 4.69) is 23.8 Å². The van der Waals surface area contributed by atoms with Crippen LogP contribution in [0.25, 0.3) is 0 Å². The van der Waals surface area contributed by atoms with E-state index in [9.17, 15) is 28.8 Å². The molecule has 0 radical (unpaired) electrons. The molecule has 3 rings (SSSR count). The Hall–Kier alpha value is -4.88. The molecule has 2 saturated heterocycles. The number of ether oxygens (including phenoxy) is 4. The lowest BCUT2D eigenvalue weighted by molar-refractivity contribution is -0.135. The number of nitrogens with zero attached hydrogens (tertiary/aromatic N) is 2. The van der Waals surface area contributed by atoms with E-state index in [0.717, 1.165) is 5.56 Å². The van der Waals surface area contributed by atoms with Crippen LogP contribution in [0.5, 0.6) is 0 Å². The summed E-state index contributed by atoms with van der Waals surface area (Å²) < 4.78 is 21.4. The van der Waals surface area contributed by atoms with Crippen molar-refractivity contribution in [2.24, 2.45) is 0 Å². The fourth-order valence-corrected chi connectivity index (χ4v) is 6.14. The van der Waals surface area contributed by atoms with Crippen molar-refractivity contribution < 1.29 is 47.7 Å². The molecule has 55 heavy (non-hydrogen) atoms. The first kappa shape index (κ1) is 46.3. The van der Waals surface area contributed by atoms with Gasteiger partial charge < -0.3 is 29.6 Å². The largest absolute Gasteiger partial charge is 0.445 e. The molecule has 2 atom stereocenters. The number of hydrogen-bond donors (Lipinski definition) is 2. The predicted octanol–water partition coefficient (Wildman–Crippen LogP) is 7.25. The van der Waals surface area contributed by atoms with Gasteiger partial charge in [0.25, 0.3) is 0 Å². The Kier molecular flexibility index (Phi) is 16.5. The highest BCUT2D eigenvalue weighted by Gasteiger charge is 2.50. The SMILES string of the molecule is C=CC[C@@]1(CNC(=O)OC(C)(C)C)C(=O)CCCN1C(=O)OC(C)(C)C.C=CC[C@@]1(CNC(=O)OCc2ccccc2)C(=O)CCCN1C(=O)OC(C)(C)C. The molecule has 2 aliphatic heterocycles. The van der Waals surface area contributed by atoms with Crippen LogP contribution in [0.15, 0.2) is 55.6 Å². The smallest absolute Gasteiger partial charge is 0.411 e. The summed E-state index contributed by atoms with van der Waals surface area (Å²) in [4.78, 5) is 78.3. The van der Waals surface area contributed by atoms with Crippen molar-refractivity contribution in [2.45, 2.75) is 135 Å². The first-order chi connectivity index (χ1) is 25.5. The molecule has 2 N–H and O–H groups in total. The molecule has 0 aromatic heterocycles. The van der Waals surface area contributed by atoms with Gasteiger partial charge in [-0.3, -0.25) is 19.4 Å². The highest BCUT2D eigenvalue weighted by molar-refractivity contribution is 5.94. The van der Waals surface area contributed by atoms with Crippen LogP contribution in [0.1, 0.15) is 106 Å². The van der Waals surface area contributed by atoms with Crippen molar-refractivity contribution >= 4 is 35.9 Å². The van der Waals surface area contributed by atoms with Gasteiger partial charge in [-0.05, 0) is 93.6 Å². The minimum Gasteiger partial charge on any atom is -0.445 e. The number of hydrogen-bond acceptors (Lipinski definition) is 10. The standard InChI is InChI=1S/C22H30N2O5.C19H32N2O5/c1-5-13-22(16-23-19(26)28-15-17-10-7-6-8-11-17)18(25)12-9-14-24(22)20(27)29-21(2,3)4;1-8-11-19(13-20-15(23)25-17(2,3)4)14(22)10-9-12-21(19)16(24)26-18(5,6)7/h5-8,10-11H,1,9,12-16H2,2-4H3,(H,23,26);8H,1,9-13H2,2-7H3,(H,20,23)/t22-;19-/m11/s1. The normalized spacial score (nSPS) is 20.2. The predicted molar refractivity (Wildman–Crippen MR) is 208 cm³/mol. The summed E-state index contributed by atoms with van der Waals surface area (Å²) in [5, 5.41) is 5.28. The zero-order chi connectivity index (χ0) is 41.7. The lowest BCUT2D eigenvalue weighted by Gasteiger charge is -2.45. The summed E-state index contributed by atoms with van der Waals surface area (Å²) in [6.07, 6.45) is 2.93. The van der Waals surface area contributed by atoms with Gasteiger partial charge in [0.2, 0.25) is 0 Å². The third-order valence-electron chi connectivity index (χ3n) is 8.50. The third kappa shape index (κ3) is 14.4. The molecule has 0 spiro atoms. The number of carbonyl (C=O) groups excluding carboxylic acids is 6. The van der Waals surface area contributed by atoms with Crippen molar-refractivity contribution in [1.29, 1.82) is 0 Å². The fraction of sp³-hybridized carbons (Fsp3) is 0.610. The second-order valence-electron chi connectivity index (χ2n) is 16.6. The van der Waals surface area contributed by atoms with Crippen LogP contribution in [0.3, 0.4) is 0 Å². The van der Waals surface area contributed by atoms with Gasteiger partial charge in [-0.15, -0.1) is 13.2 Å². The van der Waals surface area contributed by atoms with Gasteiger partial charge in [-0.25, -0.2) is 19.2 Å². The molecule has 2 heterocycles. The summed E-state index contributed by atoms with van der Waals surface area (Å²) in [6, 6.07) is 9.29. The maximum Gasteiger partial charge on any atom is 0.411 e. The van der Waals surface area contributed by atoms with Crippen molar-refractivity contribution in [3.05, 3.63) is 61.2 Å². The lowest BCUT2D eigenvalue weighted by Crippen LogP contribution is -2.65. The molecule has 1 aromatic carbocycles. The Morgan fingerprint density at radius 1 is 0.673 bits per heavy atom. The maximum atomic E-state index is 12.9. The van der Waals surface area contributed by atoms with Crippen LogP contribution in [0.4, 0.5) is 19.2 Å². The van der Waals surface area contributed by atoms with E-state index in [1.54, 1.807) is 74.5 Å². The van der Waals surface area contributed by atoms with E-state index in [-0.39, 0.29) is 44.1 Å². The van der Waals surface area contributed by atoms with E-state index in [1.165, 1.54) is 9.80 Å². The van der Waals surface area contributed by atoms with Gasteiger partial charge in [0.15, 0.2) is 11.6 Å². The highest BCUT2D eigenvalue weighted by Crippen LogP contribution is 2.32. The molecule has 14 heteroatoms. The Morgan fingerprint density at radius 3 is 1.45 bits per heavy atom. The van der Waals surface area contributed by atoms with E-state index >= 15 is 0 Å². The van der Waals surface area contributed by atoms with Gasteiger partial charge in [-0.1, -0.05) is 42.5 Å². The first-order valence-electron chi connectivity index (χ1n) is 18.7. The van der Waals surface area contributed by atoms with Crippen LogP contribution in [0.2, 0.25) is 0 Å². The minimum atomic E-state index is -1.23. The molecule has 2 aliphatic rings. The van der Waals surface area contributed by atoms with Crippen LogP contribution in [-0.2, 0) is 35.1 Å². The van der Waals surface area contributed by atoms with Gasteiger partial charge in [0.05, 0.1) is 13.1 Å². The van der Waals surface area contributed by atoms with Crippen LogP contribution < -0.4 is 10.6 Å². The second kappa shape index (κ2) is 19.6. The number of Topliss-reactive ketones (excluding diaryl/α,β-unsaturated/α-hetero) is 2. The van der Waals surface area contributed by atoms with Gasteiger partial charge >= 0.3 is 24.4 Å². The number of likely N-dealkylation sites (tertiary alicyclic amines) is 2. The van der Waals surface area contributed by atoms with Gasteiger partial charge in [0, 0.05) is 25.9 Å². The zero-order valence-electron chi connectivity index (χ0n) is 34.2. The Balaban J connectivity index is 0.000000383. The number of amides is 4. The molecule has 306 valence electrons. The summed E-state index contributed by atoms with van der Waals surface area (Å²) in [6.45, 7) is 24.1. The number of carbonyl (C=O) groups is 6. The van der Waals surface area contributed by atoms with Crippen molar-refractivity contribution in [1.82, 2.24) is 20.4 Å². The van der Waals surface area contributed by atoms with E-state index in [0.29, 0.717) is 38.8 Å². The number of alkyl carbamates (subject to hydrolysis) is 2. The second-order valence-corrected chi connectivity index (χ2v) is 16.6. The minimum absolute atomic E-state index is 0.0496. The Morgan fingerprint density at radius 2 is 1.07 bits per heavy atom. The van der Waals surface area contributed by atoms with Crippen molar-refractivity contribution in [2.75, 3.05) is 26.2 Å². The fourth-order valence-electron chi connectivity index (χ4n) is 6.14. The quantitative estimate of drug-likeness (QED) is 0.183. The number of nitrogens with one attached hydrogen (secondary N) is 2. The number of piperidine rings is 2. The summed E-state index contributed by atoms with van der Waals surface area (Å²) in [5.74, 6) is -0.247. The molecular weight excluding hydrogens is 708 g/mol. The molecular formula is C41H62N4O10. The number of ketones is 2. The summed E-state index contributed by atoms with van der Waals surface area (Å²) >= 11 is 0. The molecule has 1 aromatic rings. The highest BCUT2D eigenvalue weighted by atomic mass is 16.6.